The van der Waals surface area contributed by atoms with Crippen LogP contribution in [0.5, 0.6) is 0 Å². The van der Waals surface area contributed by atoms with Crippen LogP contribution in [0.15, 0.2) is 11.6 Å². The average molecular weight is 164 g/mol. The predicted octanol–water partition coefficient (Wildman–Crippen LogP) is 3.30. The molecule has 1 aliphatic carbocycles. The van der Waals surface area contributed by atoms with Gasteiger partial charge in [0.1, 0.15) is 0 Å². The van der Waals surface area contributed by atoms with Crippen molar-refractivity contribution in [1.82, 2.24) is 0 Å². The molecule has 0 aliphatic heterocycles. The first-order chi connectivity index (χ1) is 5.00. The Morgan fingerprint density at radius 2 is 2.09 bits per heavy atom. The summed E-state index contributed by atoms with van der Waals surface area (Å²) in [6.07, 6.45) is -1.25. The van der Waals surface area contributed by atoms with Crippen molar-refractivity contribution in [3.05, 3.63) is 11.6 Å². The van der Waals surface area contributed by atoms with Gasteiger partial charge in [-0.1, -0.05) is 11.6 Å². The fourth-order valence-electron chi connectivity index (χ4n) is 1.26. The van der Waals surface area contributed by atoms with Crippen molar-refractivity contribution in [1.29, 1.82) is 0 Å². The molecular weight excluding hydrogens is 153 g/mol. The molecule has 3 heteroatoms. The lowest BCUT2D eigenvalue weighted by Gasteiger charge is -2.22. The molecule has 0 aromatic carbocycles. The second kappa shape index (κ2) is 2.88. The van der Waals surface area contributed by atoms with E-state index in [1.165, 1.54) is 0 Å². The molecule has 0 spiro atoms. The van der Waals surface area contributed by atoms with E-state index >= 15 is 0 Å². The highest BCUT2D eigenvalue weighted by atomic mass is 19.4. The van der Waals surface area contributed by atoms with Gasteiger partial charge in [0.05, 0.1) is 5.92 Å². The van der Waals surface area contributed by atoms with Crippen molar-refractivity contribution in [2.24, 2.45) is 5.92 Å². The van der Waals surface area contributed by atoms with Crippen LogP contribution in [0.4, 0.5) is 13.2 Å². The van der Waals surface area contributed by atoms with E-state index in [9.17, 15) is 13.2 Å². The Labute approximate surface area is 64.1 Å². The smallest absolute Gasteiger partial charge is 0.171 e. The van der Waals surface area contributed by atoms with Crippen molar-refractivity contribution in [3.8, 4) is 0 Å². The summed E-state index contributed by atoms with van der Waals surface area (Å²) in [6, 6.07) is 0. The molecule has 0 heterocycles. The molecule has 0 aromatic heterocycles. The summed E-state index contributed by atoms with van der Waals surface area (Å²) in [6.45, 7) is 1.88. The number of alkyl halides is 3. The summed E-state index contributed by atoms with van der Waals surface area (Å²) >= 11 is 0. The highest BCUT2D eigenvalue weighted by molar-refractivity contribution is 5.03. The normalized spacial score (nSPS) is 26.5. The van der Waals surface area contributed by atoms with Crippen LogP contribution in [0.2, 0.25) is 0 Å². The first kappa shape index (κ1) is 8.62. The maximum absolute atomic E-state index is 12.0. The highest BCUT2D eigenvalue weighted by Gasteiger charge is 2.39. The number of hydrogen-bond donors (Lipinski definition) is 0. The van der Waals surface area contributed by atoms with Gasteiger partial charge in [-0.3, -0.25) is 0 Å². The minimum Gasteiger partial charge on any atom is -0.171 e. The third-order valence-corrected chi connectivity index (χ3v) is 2.10. The lowest BCUT2D eigenvalue weighted by atomic mass is 9.90. The van der Waals surface area contributed by atoms with Gasteiger partial charge in [-0.2, -0.15) is 13.2 Å². The maximum Gasteiger partial charge on any atom is 0.392 e. The summed E-state index contributed by atoms with van der Waals surface area (Å²) in [4.78, 5) is 0. The van der Waals surface area contributed by atoms with E-state index in [0.717, 1.165) is 5.57 Å². The monoisotopic (exact) mass is 164 g/mol. The quantitative estimate of drug-likeness (QED) is 0.482. The largest absolute Gasteiger partial charge is 0.392 e. The predicted molar refractivity (Wildman–Crippen MR) is 37.2 cm³/mol. The molecule has 1 atom stereocenters. The number of allylic oxidation sites excluding steroid dienone is 2. The Hall–Kier alpha value is -0.470. The fraction of sp³-hybridized carbons (Fsp3) is 0.750. The van der Waals surface area contributed by atoms with Crippen molar-refractivity contribution < 1.29 is 13.2 Å². The van der Waals surface area contributed by atoms with Crippen LogP contribution in [-0.2, 0) is 0 Å². The molecule has 1 rings (SSSR count). The minimum absolute atomic E-state index is 0.176. The Kier molecular flexibility index (Phi) is 2.25. The number of rotatable bonds is 0. The van der Waals surface area contributed by atoms with Gasteiger partial charge in [-0.05, 0) is 26.2 Å². The van der Waals surface area contributed by atoms with Crippen molar-refractivity contribution in [3.63, 3.8) is 0 Å². The van der Waals surface area contributed by atoms with Crippen LogP contribution in [-0.4, -0.2) is 6.18 Å². The zero-order valence-corrected chi connectivity index (χ0v) is 6.41. The second-order valence-electron chi connectivity index (χ2n) is 3.06. The molecule has 0 radical (unpaired) electrons. The van der Waals surface area contributed by atoms with Crippen molar-refractivity contribution >= 4 is 0 Å². The van der Waals surface area contributed by atoms with E-state index in [0.29, 0.717) is 6.42 Å². The van der Waals surface area contributed by atoms with Crippen LogP contribution in [0, 0.1) is 5.92 Å². The van der Waals surface area contributed by atoms with Crippen LogP contribution in [0.3, 0.4) is 0 Å². The summed E-state index contributed by atoms with van der Waals surface area (Å²) in [7, 11) is 0. The standard InChI is InChI=1S/C8H11F3/c1-6-2-4-7(5-3-6)8(9,10)11/h2,7H,3-5H2,1H3. The zero-order valence-electron chi connectivity index (χ0n) is 6.41. The molecule has 0 aromatic rings. The Morgan fingerprint density at radius 3 is 2.45 bits per heavy atom. The summed E-state index contributed by atoms with van der Waals surface area (Å²) < 4.78 is 36.1. The molecule has 0 nitrogen and oxygen atoms in total. The van der Waals surface area contributed by atoms with Crippen LogP contribution < -0.4 is 0 Å². The number of hydrogen-bond acceptors (Lipinski definition) is 0. The molecular formula is C8H11F3. The molecule has 0 saturated carbocycles. The Balaban J connectivity index is 2.54. The SMILES string of the molecule is CC1=CCC(C(F)(F)F)CC1. The molecule has 0 fully saturated rings. The molecule has 0 N–H and O–H groups in total. The maximum atomic E-state index is 12.0. The first-order valence-electron chi connectivity index (χ1n) is 3.72. The second-order valence-corrected chi connectivity index (χ2v) is 3.06. The van der Waals surface area contributed by atoms with Crippen LogP contribution in [0.25, 0.3) is 0 Å². The van der Waals surface area contributed by atoms with Gasteiger partial charge in [0.15, 0.2) is 0 Å². The van der Waals surface area contributed by atoms with Gasteiger partial charge in [-0.15, -0.1) is 0 Å². The molecule has 11 heavy (non-hydrogen) atoms. The summed E-state index contributed by atoms with van der Waals surface area (Å²) in [5.74, 6) is -1.09. The van der Waals surface area contributed by atoms with Gasteiger partial charge in [0.25, 0.3) is 0 Å². The van der Waals surface area contributed by atoms with E-state index in [1.54, 1.807) is 6.08 Å². The molecule has 1 unspecified atom stereocenters. The molecule has 0 bridgehead atoms. The van der Waals surface area contributed by atoms with Gasteiger partial charge in [-0.25, -0.2) is 0 Å². The first-order valence-corrected chi connectivity index (χ1v) is 3.72. The molecule has 0 saturated heterocycles. The van der Waals surface area contributed by atoms with Crippen LogP contribution >= 0.6 is 0 Å². The van der Waals surface area contributed by atoms with Crippen molar-refractivity contribution in [2.45, 2.75) is 32.4 Å². The Bertz CT molecular complexity index is 167. The van der Waals surface area contributed by atoms with E-state index in [-0.39, 0.29) is 12.8 Å². The van der Waals surface area contributed by atoms with Gasteiger partial charge >= 0.3 is 6.18 Å². The highest BCUT2D eigenvalue weighted by Crippen LogP contribution is 2.36. The summed E-state index contributed by atoms with van der Waals surface area (Å²) in [5, 5.41) is 0. The topological polar surface area (TPSA) is 0 Å². The molecule has 1 aliphatic rings. The van der Waals surface area contributed by atoms with Crippen LogP contribution in [0.1, 0.15) is 26.2 Å². The van der Waals surface area contributed by atoms with E-state index in [1.807, 2.05) is 6.92 Å². The lowest BCUT2D eigenvalue weighted by Crippen LogP contribution is -2.24. The molecule has 0 amide bonds. The van der Waals surface area contributed by atoms with E-state index in [2.05, 4.69) is 0 Å². The van der Waals surface area contributed by atoms with E-state index in [4.69, 9.17) is 0 Å². The Morgan fingerprint density at radius 1 is 1.45 bits per heavy atom. The van der Waals surface area contributed by atoms with Gasteiger partial charge in [0, 0.05) is 0 Å². The third kappa shape index (κ3) is 2.24. The van der Waals surface area contributed by atoms with Gasteiger partial charge in [0.2, 0.25) is 0 Å². The fourth-order valence-corrected chi connectivity index (χ4v) is 1.26. The van der Waals surface area contributed by atoms with E-state index < -0.39 is 12.1 Å². The van der Waals surface area contributed by atoms with Gasteiger partial charge < -0.3 is 0 Å². The summed E-state index contributed by atoms with van der Waals surface area (Å²) in [5.41, 5.74) is 1.09. The third-order valence-electron chi connectivity index (χ3n) is 2.10. The lowest BCUT2D eigenvalue weighted by molar-refractivity contribution is -0.176. The zero-order chi connectivity index (χ0) is 8.48. The number of halogens is 3. The average Bonchev–Trinajstić information content (AvgIpc) is 1.86. The van der Waals surface area contributed by atoms with Crippen molar-refractivity contribution in [2.75, 3.05) is 0 Å². The molecule has 64 valence electrons. The minimum atomic E-state index is -3.99.